The average Bonchev–Trinajstić information content (AvgIpc) is 3.15. The van der Waals surface area contributed by atoms with Crippen LogP contribution in [0.5, 0.6) is 0 Å². The van der Waals surface area contributed by atoms with Gasteiger partial charge in [-0.3, -0.25) is 0 Å². The summed E-state index contributed by atoms with van der Waals surface area (Å²) in [4.78, 5) is 2.79. The molecule has 3 rings (SSSR count). The molecule has 0 saturated heterocycles. The quantitative estimate of drug-likeness (QED) is 0.223. The van der Waals surface area contributed by atoms with Crippen LogP contribution in [-0.4, -0.2) is 22.9 Å². The minimum Gasteiger partial charge on any atom is -0.396 e. The molecule has 1 fully saturated rings. The molecule has 26 heavy (non-hydrogen) atoms. The summed E-state index contributed by atoms with van der Waals surface area (Å²) in [6.45, 7) is 0.285. The van der Waals surface area contributed by atoms with E-state index in [4.69, 9.17) is 10.6 Å². The maximum Gasteiger partial charge on any atom is 0.0611 e. The van der Waals surface area contributed by atoms with E-state index < -0.39 is 0 Å². The summed E-state index contributed by atoms with van der Waals surface area (Å²) in [7, 11) is 0. The van der Waals surface area contributed by atoms with Crippen molar-refractivity contribution in [3.63, 3.8) is 0 Å². The molecule has 0 heterocycles. The Balaban J connectivity index is 1.58. The van der Waals surface area contributed by atoms with Gasteiger partial charge in [0.15, 0.2) is 0 Å². The molecular weight excluding hydrogens is 326 g/mol. The standard InChI is InChI=1S/C21H27N3O2/c22-24-23-18-8-5-15(6-9-18)7-10-19-20-13-16(4-2-1-3-11-25)12-17(20)14-21(19)26/h5-10,12,17,19-21,25-26H,1-4,11,13-14H2/b10-7+/t17-,19+,20-,21+/m0/s1. The Morgan fingerprint density at radius 3 is 2.73 bits per heavy atom. The fourth-order valence-corrected chi connectivity index (χ4v) is 4.36. The number of rotatable bonds is 8. The molecule has 0 unspecified atom stereocenters. The molecule has 2 N–H and O–H groups in total. The van der Waals surface area contributed by atoms with Gasteiger partial charge in [-0.25, -0.2) is 0 Å². The Bertz CT molecular complexity index is 704. The molecule has 0 aromatic heterocycles. The van der Waals surface area contributed by atoms with E-state index in [1.54, 1.807) is 12.1 Å². The van der Waals surface area contributed by atoms with E-state index in [1.165, 1.54) is 5.57 Å². The van der Waals surface area contributed by atoms with Gasteiger partial charge in [0.05, 0.1) is 6.10 Å². The molecule has 0 amide bonds. The van der Waals surface area contributed by atoms with E-state index >= 15 is 0 Å². The maximum atomic E-state index is 10.5. The van der Waals surface area contributed by atoms with Gasteiger partial charge in [-0.1, -0.05) is 59.6 Å². The first-order valence-electron chi connectivity index (χ1n) is 9.53. The normalized spacial score (nSPS) is 27.4. The highest BCUT2D eigenvalue weighted by molar-refractivity contribution is 5.53. The van der Waals surface area contributed by atoms with Gasteiger partial charge in [-0.05, 0) is 55.0 Å². The highest BCUT2D eigenvalue weighted by Gasteiger charge is 2.43. The first-order chi connectivity index (χ1) is 12.7. The lowest BCUT2D eigenvalue weighted by molar-refractivity contribution is 0.141. The third-order valence-corrected chi connectivity index (χ3v) is 5.67. The minimum absolute atomic E-state index is 0.197. The summed E-state index contributed by atoms with van der Waals surface area (Å²) in [5.74, 6) is 1.21. The van der Waals surface area contributed by atoms with Gasteiger partial charge in [-0.2, -0.15) is 0 Å². The first kappa shape index (κ1) is 18.7. The molecule has 0 spiro atoms. The van der Waals surface area contributed by atoms with Crippen LogP contribution >= 0.6 is 0 Å². The lowest BCUT2D eigenvalue weighted by atomic mass is 9.88. The number of aliphatic hydroxyl groups excluding tert-OH is 2. The molecule has 1 aromatic rings. The van der Waals surface area contributed by atoms with E-state index in [-0.39, 0.29) is 18.6 Å². The van der Waals surface area contributed by atoms with Crippen molar-refractivity contribution in [3.05, 3.63) is 58.0 Å². The molecule has 5 heteroatoms. The van der Waals surface area contributed by atoms with Crippen LogP contribution in [0.15, 0.2) is 47.1 Å². The summed E-state index contributed by atoms with van der Waals surface area (Å²) in [5, 5.41) is 22.9. The van der Waals surface area contributed by atoms with Gasteiger partial charge in [-0.15, -0.1) is 0 Å². The van der Waals surface area contributed by atoms with E-state index in [1.807, 2.05) is 12.1 Å². The van der Waals surface area contributed by atoms with E-state index in [9.17, 15) is 5.11 Å². The number of hydrogen-bond acceptors (Lipinski definition) is 3. The summed E-state index contributed by atoms with van der Waals surface area (Å²) >= 11 is 0. The zero-order valence-electron chi connectivity index (χ0n) is 15.0. The number of allylic oxidation sites excluding steroid dienone is 2. The van der Waals surface area contributed by atoms with Crippen molar-refractivity contribution in [1.29, 1.82) is 0 Å². The van der Waals surface area contributed by atoms with Crippen LogP contribution < -0.4 is 0 Å². The summed E-state index contributed by atoms with van der Waals surface area (Å²) in [6, 6.07) is 7.46. The van der Waals surface area contributed by atoms with Gasteiger partial charge in [0.25, 0.3) is 0 Å². The Kier molecular flexibility index (Phi) is 6.51. The smallest absolute Gasteiger partial charge is 0.0611 e. The van der Waals surface area contributed by atoms with Crippen LogP contribution in [0.25, 0.3) is 16.5 Å². The fraction of sp³-hybridized carbons (Fsp3) is 0.524. The Hall–Kier alpha value is -2.07. The van der Waals surface area contributed by atoms with Gasteiger partial charge < -0.3 is 10.2 Å². The van der Waals surface area contributed by atoms with Gasteiger partial charge >= 0.3 is 0 Å². The molecule has 1 saturated carbocycles. The number of aliphatic hydroxyl groups is 2. The molecule has 138 valence electrons. The number of benzene rings is 1. The predicted molar refractivity (Wildman–Crippen MR) is 104 cm³/mol. The monoisotopic (exact) mass is 353 g/mol. The van der Waals surface area contributed by atoms with E-state index in [0.29, 0.717) is 17.5 Å². The highest BCUT2D eigenvalue weighted by atomic mass is 16.3. The summed E-state index contributed by atoms with van der Waals surface area (Å²) in [6.07, 6.45) is 12.5. The van der Waals surface area contributed by atoms with Crippen LogP contribution in [-0.2, 0) is 0 Å². The van der Waals surface area contributed by atoms with Crippen LogP contribution in [0.4, 0.5) is 5.69 Å². The largest absolute Gasteiger partial charge is 0.396 e. The van der Waals surface area contributed by atoms with Crippen LogP contribution in [0.2, 0.25) is 0 Å². The second-order valence-electron chi connectivity index (χ2n) is 7.41. The van der Waals surface area contributed by atoms with Crippen molar-refractivity contribution < 1.29 is 10.2 Å². The van der Waals surface area contributed by atoms with E-state index in [2.05, 4.69) is 28.3 Å². The number of unbranched alkanes of at least 4 members (excludes halogenated alkanes) is 2. The molecule has 5 nitrogen and oxygen atoms in total. The summed E-state index contributed by atoms with van der Waals surface area (Å²) < 4.78 is 0. The van der Waals surface area contributed by atoms with Crippen molar-refractivity contribution in [2.75, 3.05) is 6.61 Å². The lowest BCUT2D eigenvalue weighted by Crippen LogP contribution is -2.16. The molecule has 0 aliphatic heterocycles. The topological polar surface area (TPSA) is 89.2 Å². The van der Waals surface area contributed by atoms with Crippen molar-refractivity contribution in [2.45, 2.75) is 44.6 Å². The van der Waals surface area contributed by atoms with Crippen molar-refractivity contribution in [1.82, 2.24) is 0 Å². The number of fused-ring (bicyclic) bond motifs is 1. The Morgan fingerprint density at radius 2 is 2.00 bits per heavy atom. The molecular formula is C21H27N3O2. The van der Waals surface area contributed by atoms with E-state index in [0.717, 1.165) is 44.1 Å². The molecule has 0 radical (unpaired) electrons. The number of azide groups is 1. The number of hydrogen-bond donors (Lipinski definition) is 2. The van der Waals surface area contributed by atoms with Crippen molar-refractivity contribution >= 4 is 11.8 Å². The lowest BCUT2D eigenvalue weighted by Gasteiger charge is -2.18. The number of nitrogens with zero attached hydrogens (tertiary/aromatic N) is 3. The summed E-state index contributed by atoms with van der Waals surface area (Å²) in [5.41, 5.74) is 11.6. The predicted octanol–water partition coefficient (Wildman–Crippen LogP) is 5.14. The Morgan fingerprint density at radius 1 is 1.19 bits per heavy atom. The van der Waals surface area contributed by atoms with Crippen LogP contribution in [0.3, 0.4) is 0 Å². The second-order valence-corrected chi connectivity index (χ2v) is 7.41. The first-order valence-corrected chi connectivity index (χ1v) is 9.53. The van der Waals surface area contributed by atoms with Crippen LogP contribution in [0, 0.1) is 17.8 Å². The fourth-order valence-electron chi connectivity index (χ4n) is 4.36. The van der Waals surface area contributed by atoms with Gasteiger partial charge in [0.2, 0.25) is 0 Å². The molecule has 4 atom stereocenters. The second kappa shape index (κ2) is 9.04. The molecule has 2 aliphatic rings. The highest BCUT2D eigenvalue weighted by Crippen LogP contribution is 2.48. The maximum absolute atomic E-state index is 10.5. The molecule has 2 aliphatic carbocycles. The van der Waals surface area contributed by atoms with Gasteiger partial charge in [0, 0.05) is 23.1 Å². The van der Waals surface area contributed by atoms with Crippen LogP contribution in [0.1, 0.15) is 44.1 Å². The zero-order valence-corrected chi connectivity index (χ0v) is 15.0. The van der Waals surface area contributed by atoms with Crippen molar-refractivity contribution in [2.24, 2.45) is 22.9 Å². The molecule has 0 bridgehead atoms. The van der Waals surface area contributed by atoms with Crippen molar-refractivity contribution in [3.8, 4) is 0 Å². The SMILES string of the molecule is [N-]=[N+]=Nc1ccc(/C=C/[C@@H]2[C@H]3CC(CCCCCO)=C[C@H]3C[C@H]2O)cc1. The third kappa shape index (κ3) is 4.55. The Labute approximate surface area is 154 Å². The zero-order chi connectivity index (χ0) is 18.4. The molecule has 1 aromatic carbocycles. The van der Waals surface area contributed by atoms with Gasteiger partial charge in [0.1, 0.15) is 0 Å². The average molecular weight is 353 g/mol. The minimum atomic E-state index is -0.268. The third-order valence-electron chi connectivity index (χ3n) is 5.67.